The summed E-state index contributed by atoms with van der Waals surface area (Å²) in [5.74, 6) is 0. The van der Waals surface area contributed by atoms with Crippen molar-refractivity contribution in [2.24, 2.45) is 0 Å². The molecule has 0 fully saturated rings. The van der Waals surface area contributed by atoms with Gasteiger partial charge in [-0.2, -0.15) is 0 Å². The van der Waals surface area contributed by atoms with Gasteiger partial charge >= 0.3 is 7.82 Å². The fourth-order valence-corrected chi connectivity index (χ4v) is 1.76. The summed E-state index contributed by atoms with van der Waals surface area (Å²) in [6.07, 6.45) is -0.311. The number of rotatable bonds is 7. The fraction of sp³-hybridized carbons (Fsp3) is 1.00. The van der Waals surface area contributed by atoms with Crippen LogP contribution >= 0.6 is 7.82 Å². The summed E-state index contributed by atoms with van der Waals surface area (Å²) >= 11 is 0. The lowest BCUT2D eigenvalue weighted by Crippen LogP contribution is -2.41. The predicted octanol–water partition coefficient (Wildman–Crippen LogP) is 1.62. The van der Waals surface area contributed by atoms with Crippen molar-refractivity contribution in [3.8, 4) is 0 Å². The Labute approximate surface area is 92.2 Å². The molecule has 0 aromatic carbocycles. The monoisotopic (exact) mass is 240 g/mol. The average molecular weight is 240 g/mol. The van der Waals surface area contributed by atoms with E-state index >= 15 is 0 Å². The van der Waals surface area contributed by atoms with Crippen LogP contribution in [0.3, 0.4) is 0 Å². The van der Waals surface area contributed by atoms with Crippen LogP contribution < -0.4 is 0 Å². The van der Waals surface area contributed by atoms with Crippen molar-refractivity contribution in [2.75, 3.05) is 33.8 Å². The highest BCUT2D eigenvalue weighted by atomic mass is 31.2. The molecule has 0 aromatic rings. The first-order chi connectivity index (χ1) is 6.68. The van der Waals surface area contributed by atoms with Gasteiger partial charge in [-0.15, -0.1) is 0 Å². The molecule has 6 heteroatoms. The molecule has 0 saturated carbocycles. The Bertz CT molecular complexity index is 230. The second kappa shape index (κ2) is 5.97. The summed E-state index contributed by atoms with van der Waals surface area (Å²) in [6, 6.07) is 0. The maximum absolute atomic E-state index is 11.3. The Balaban J connectivity index is 3.90. The van der Waals surface area contributed by atoms with E-state index in [9.17, 15) is 9.46 Å². The normalized spacial score (nSPS) is 16.7. The van der Waals surface area contributed by atoms with Gasteiger partial charge in [-0.3, -0.25) is 9.05 Å². The Morgan fingerprint density at radius 2 is 1.93 bits per heavy atom. The molecule has 92 valence electrons. The van der Waals surface area contributed by atoms with E-state index in [-0.39, 0.29) is 12.7 Å². The molecule has 5 nitrogen and oxygen atoms in total. The Morgan fingerprint density at radius 1 is 1.40 bits per heavy atom. The van der Waals surface area contributed by atoms with E-state index in [0.717, 1.165) is 11.0 Å². The van der Waals surface area contributed by atoms with Crippen LogP contribution in [-0.2, 0) is 13.6 Å². The van der Waals surface area contributed by atoms with Crippen molar-refractivity contribution < 1.29 is 23.0 Å². The largest absolute Gasteiger partial charge is 0.472 e. The van der Waals surface area contributed by atoms with Crippen molar-refractivity contribution in [1.29, 1.82) is 0 Å². The topological polar surface area (TPSA) is 55.8 Å². The quantitative estimate of drug-likeness (QED) is 0.542. The number of likely N-dealkylation sites (N-methyl/N-ethyl adjacent to an activating group) is 1. The number of phosphoric acid groups is 1. The van der Waals surface area contributed by atoms with Gasteiger partial charge in [-0.1, -0.05) is 0 Å². The van der Waals surface area contributed by atoms with Crippen LogP contribution in [0.1, 0.15) is 20.8 Å². The third-order valence-electron chi connectivity index (χ3n) is 2.15. The number of phosphoric ester groups is 1. The van der Waals surface area contributed by atoms with E-state index in [2.05, 4.69) is 6.92 Å². The zero-order valence-corrected chi connectivity index (χ0v) is 11.2. The van der Waals surface area contributed by atoms with Crippen molar-refractivity contribution in [3.05, 3.63) is 0 Å². The van der Waals surface area contributed by atoms with Crippen LogP contribution in [0.15, 0.2) is 0 Å². The molecule has 1 N–H and O–H groups in total. The zero-order valence-electron chi connectivity index (χ0n) is 10.3. The SMILES string of the molecule is CC[N+](C)(C)CCOP(=O)(O)OC(C)C. The highest BCUT2D eigenvalue weighted by Crippen LogP contribution is 2.44. The van der Waals surface area contributed by atoms with Crippen LogP contribution in [0, 0.1) is 0 Å². The molecule has 0 aliphatic rings. The molecule has 0 heterocycles. The van der Waals surface area contributed by atoms with Crippen LogP contribution in [0.5, 0.6) is 0 Å². The third-order valence-corrected chi connectivity index (χ3v) is 3.35. The van der Waals surface area contributed by atoms with E-state index in [4.69, 9.17) is 9.05 Å². The van der Waals surface area contributed by atoms with Gasteiger partial charge in [0.1, 0.15) is 13.2 Å². The van der Waals surface area contributed by atoms with E-state index < -0.39 is 7.82 Å². The molecule has 1 atom stereocenters. The second-order valence-corrected chi connectivity index (χ2v) is 5.84. The predicted molar refractivity (Wildman–Crippen MR) is 59.5 cm³/mol. The molecule has 0 saturated heterocycles. The van der Waals surface area contributed by atoms with E-state index in [1.54, 1.807) is 13.8 Å². The van der Waals surface area contributed by atoms with Crippen molar-refractivity contribution in [2.45, 2.75) is 26.9 Å². The van der Waals surface area contributed by atoms with Crippen molar-refractivity contribution in [1.82, 2.24) is 0 Å². The third kappa shape index (κ3) is 7.94. The van der Waals surface area contributed by atoms with E-state index in [0.29, 0.717) is 6.54 Å². The zero-order chi connectivity index (χ0) is 12.1. The highest BCUT2D eigenvalue weighted by molar-refractivity contribution is 7.47. The Kier molecular flexibility index (Phi) is 5.99. The molecule has 0 radical (unpaired) electrons. The maximum Gasteiger partial charge on any atom is 0.472 e. The van der Waals surface area contributed by atoms with Crippen LogP contribution in [0.25, 0.3) is 0 Å². The molecular weight excluding hydrogens is 217 g/mol. The van der Waals surface area contributed by atoms with E-state index in [1.807, 2.05) is 14.1 Å². The summed E-state index contributed by atoms with van der Waals surface area (Å²) in [4.78, 5) is 9.26. The summed E-state index contributed by atoms with van der Waals surface area (Å²) < 4.78 is 21.7. The van der Waals surface area contributed by atoms with Crippen LogP contribution in [-0.4, -0.2) is 49.3 Å². The fourth-order valence-electron chi connectivity index (χ4n) is 0.858. The lowest BCUT2D eigenvalue weighted by atomic mass is 10.4. The first kappa shape index (κ1) is 15.1. The molecule has 15 heavy (non-hydrogen) atoms. The highest BCUT2D eigenvalue weighted by Gasteiger charge is 2.24. The van der Waals surface area contributed by atoms with Crippen LogP contribution in [0.4, 0.5) is 0 Å². The number of nitrogens with zero attached hydrogens (tertiary/aromatic N) is 1. The van der Waals surface area contributed by atoms with Gasteiger partial charge in [0.2, 0.25) is 0 Å². The molecule has 0 aliphatic carbocycles. The van der Waals surface area contributed by atoms with Crippen molar-refractivity contribution >= 4 is 7.82 Å². The maximum atomic E-state index is 11.3. The average Bonchev–Trinajstić information content (AvgIpc) is 2.00. The minimum Gasteiger partial charge on any atom is -0.327 e. The molecule has 0 bridgehead atoms. The molecule has 1 unspecified atom stereocenters. The minimum absolute atomic E-state index is 0.224. The number of quaternary nitrogens is 1. The first-order valence-corrected chi connectivity index (χ1v) is 6.66. The standard InChI is InChI=1S/C9H22NO4P/c1-6-10(4,5)7-8-13-15(11,12)14-9(2)3/h9H,6-8H2,1-5H3/p+1. The lowest BCUT2D eigenvalue weighted by molar-refractivity contribution is -0.888. The van der Waals surface area contributed by atoms with Gasteiger partial charge in [0.05, 0.1) is 26.7 Å². The summed E-state index contributed by atoms with van der Waals surface area (Å²) in [5.41, 5.74) is 0. The number of hydrogen-bond acceptors (Lipinski definition) is 3. The van der Waals surface area contributed by atoms with Crippen molar-refractivity contribution in [3.63, 3.8) is 0 Å². The minimum atomic E-state index is -3.86. The molecule has 0 aromatic heterocycles. The number of hydrogen-bond donors (Lipinski definition) is 1. The smallest absolute Gasteiger partial charge is 0.327 e. The van der Waals surface area contributed by atoms with Gasteiger partial charge in [-0.05, 0) is 20.8 Å². The molecule has 0 rings (SSSR count). The first-order valence-electron chi connectivity index (χ1n) is 5.16. The lowest BCUT2D eigenvalue weighted by Gasteiger charge is -2.28. The van der Waals surface area contributed by atoms with E-state index in [1.165, 1.54) is 0 Å². The van der Waals surface area contributed by atoms with Crippen LogP contribution in [0.2, 0.25) is 0 Å². The molecule has 0 amide bonds. The van der Waals surface area contributed by atoms with Gasteiger partial charge in [0.25, 0.3) is 0 Å². The summed E-state index contributed by atoms with van der Waals surface area (Å²) in [6.45, 7) is 7.30. The van der Waals surface area contributed by atoms with Gasteiger partial charge in [-0.25, -0.2) is 4.57 Å². The molecule has 0 aliphatic heterocycles. The van der Waals surface area contributed by atoms with Gasteiger partial charge < -0.3 is 9.38 Å². The summed E-state index contributed by atoms with van der Waals surface area (Å²) in [7, 11) is 0.218. The molecular formula is C9H23NO4P+. The van der Waals surface area contributed by atoms with Gasteiger partial charge in [0, 0.05) is 0 Å². The van der Waals surface area contributed by atoms with Gasteiger partial charge in [0.15, 0.2) is 0 Å². The second-order valence-electron chi connectivity index (χ2n) is 4.43. The molecule has 0 spiro atoms. The summed E-state index contributed by atoms with van der Waals surface area (Å²) in [5, 5.41) is 0. The Hall–Kier alpha value is 0.0700. The Morgan fingerprint density at radius 3 is 2.33 bits per heavy atom.